The quantitative estimate of drug-likeness (QED) is 0.836. The molecule has 0 aliphatic heterocycles. The van der Waals surface area contributed by atoms with Crippen LogP contribution in [0, 0.1) is 11.7 Å². The van der Waals surface area contributed by atoms with Crippen molar-refractivity contribution in [3.8, 4) is 0 Å². The number of hydrogen-bond acceptors (Lipinski definition) is 2. The van der Waals surface area contributed by atoms with Gasteiger partial charge in [-0.3, -0.25) is 0 Å². The van der Waals surface area contributed by atoms with Gasteiger partial charge in [0, 0.05) is 18.1 Å². The average molecular weight is 246 g/mol. The van der Waals surface area contributed by atoms with Gasteiger partial charge in [0.15, 0.2) is 0 Å². The number of benzene rings is 1. The predicted octanol–water partition coefficient (Wildman–Crippen LogP) is 2.59. The molecule has 0 aliphatic rings. The number of halogens is 2. The lowest BCUT2D eigenvalue weighted by Gasteiger charge is -2.15. The van der Waals surface area contributed by atoms with Crippen LogP contribution in [-0.2, 0) is 6.54 Å². The summed E-state index contributed by atoms with van der Waals surface area (Å²) in [6.07, 6.45) is -0.385. The Balaban J connectivity index is 2.43. The standard InChI is InChI=1S/C12H17ClFNO/c1-8(2)12(16)7-15-6-9-3-10(13)5-11(14)4-9/h3-5,8,12,15-16H,6-7H2,1-2H3. The lowest BCUT2D eigenvalue weighted by molar-refractivity contribution is 0.123. The van der Waals surface area contributed by atoms with E-state index in [0.717, 1.165) is 5.56 Å². The molecule has 0 bridgehead atoms. The monoisotopic (exact) mass is 245 g/mol. The summed E-state index contributed by atoms with van der Waals surface area (Å²) in [5, 5.41) is 13.0. The number of nitrogens with one attached hydrogen (secondary N) is 1. The van der Waals surface area contributed by atoms with E-state index in [2.05, 4.69) is 5.32 Å². The third-order valence-electron chi connectivity index (χ3n) is 2.37. The van der Waals surface area contributed by atoms with Crippen molar-refractivity contribution in [3.63, 3.8) is 0 Å². The van der Waals surface area contributed by atoms with E-state index >= 15 is 0 Å². The lowest BCUT2D eigenvalue weighted by atomic mass is 10.1. The van der Waals surface area contributed by atoms with Gasteiger partial charge in [-0.25, -0.2) is 4.39 Å². The first-order chi connectivity index (χ1) is 7.49. The molecule has 90 valence electrons. The third-order valence-corrected chi connectivity index (χ3v) is 2.59. The highest BCUT2D eigenvalue weighted by molar-refractivity contribution is 6.30. The minimum Gasteiger partial charge on any atom is -0.392 e. The SMILES string of the molecule is CC(C)C(O)CNCc1cc(F)cc(Cl)c1. The van der Waals surface area contributed by atoms with E-state index in [1.54, 1.807) is 6.07 Å². The van der Waals surface area contributed by atoms with Crippen molar-refractivity contribution < 1.29 is 9.50 Å². The normalized spacial score (nSPS) is 13.1. The molecule has 0 amide bonds. The van der Waals surface area contributed by atoms with Gasteiger partial charge in [-0.15, -0.1) is 0 Å². The maximum Gasteiger partial charge on any atom is 0.125 e. The summed E-state index contributed by atoms with van der Waals surface area (Å²) in [6, 6.07) is 4.41. The second kappa shape index (κ2) is 6.18. The Morgan fingerprint density at radius 3 is 2.62 bits per heavy atom. The van der Waals surface area contributed by atoms with Crippen LogP contribution in [0.2, 0.25) is 5.02 Å². The zero-order valence-corrected chi connectivity index (χ0v) is 10.3. The number of rotatable bonds is 5. The van der Waals surface area contributed by atoms with Crippen LogP contribution >= 0.6 is 11.6 Å². The highest BCUT2D eigenvalue weighted by Crippen LogP contribution is 2.13. The molecule has 0 aromatic heterocycles. The van der Waals surface area contributed by atoms with E-state index < -0.39 is 0 Å². The molecular formula is C12H17ClFNO. The summed E-state index contributed by atoms with van der Waals surface area (Å²) >= 11 is 5.72. The van der Waals surface area contributed by atoms with Crippen molar-refractivity contribution in [2.75, 3.05) is 6.54 Å². The second-order valence-electron chi connectivity index (χ2n) is 4.22. The summed E-state index contributed by atoms with van der Waals surface area (Å²) in [5.74, 6) is -0.127. The van der Waals surface area contributed by atoms with Crippen molar-refractivity contribution in [3.05, 3.63) is 34.6 Å². The van der Waals surface area contributed by atoms with Gasteiger partial charge >= 0.3 is 0 Å². The maximum atomic E-state index is 13.0. The minimum atomic E-state index is -0.385. The second-order valence-corrected chi connectivity index (χ2v) is 4.66. The van der Waals surface area contributed by atoms with Crippen LogP contribution in [0.4, 0.5) is 4.39 Å². The molecule has 1 atom stereocenters. The van der Waals surface area contributed by atoms with E-state index in [9.17, 15) is 9.50 Å². The Bertz CT molecular complexity index is 324. The lowest BCUT2D eigenvalue weighted by Crippen LogP contribution is -2.30. The molecule has 0 fully saturated rings. The maximum absolute atomic E-state index is 13.0. The van der Waals surface area contributed by atoms with Gasteiger partial charge in [0.25, 0.3) is 0 Å². The fraction of sp³-hybridized carbons (Fsp3) is 0.500. The molecule has 1 unspecified atom stereocenters. The largest absolute Gasteiger partial charge is 0.392 e. The van der Waals surface area contributed by atoms with Gasteiger partial charge in [-0.1, -0.05) is 25.4 Å². The van der Waals surface area contributed by atoms with E-state index in [-0.39, 0.29) is 17.8 Å². The molecule has 1 aromatic carbocycles. The number of aliphatic hydroxyl groups is 1. The molecule has 0 spiro atoms. The summed E-state index contributed by atoms with van der Waals surface area (Å²) in [7, 11) is 0. The van der Waals surface area contributed by atoms with E-state index in [4.69, 9.17) is 11.6 Å². The summed E-state index contributed by atoms with van der Waals surface area (Å²) in [4.78, 5) is 0. The van der Waals surface area contributed by atoms with Crippen molar-refractivity contribution in [1.82, 2.24) is 5.32 Å². The zero-order chi connectivity index (χ0) is 12.1. The molecule has 0 aliphatic carbocycles. The van der Waals surface area contributed by atoms with Crippen molar-refractivity contribution in [1.29, 1.82) is 0 Å². The molecule has 1 rings (SSSR count). The van der Waals surface area contributed by atoms with E-state index in [1.165, 1.54) is 12.1 Å². The Labute approximate surface area is 100 Å². The third kappa shape index (κ3) is 4.47. The summed E-state index contributed by atoms with van der Waals surface area (Å²) in [5.41, 5.74) is 0.779. The fourth-order valence-electron chi connectivity index (χ4n) is 1.31. The molecule has 16 heavy (non-hydrogen) atoms. The Morgan fingerprint density at radius 1 is 1.38 bits per heavy atom. The van der Waals surface area contributed by atoms with Gasteiger partial charge in [0.05, 0.1) is 6.10 Å². The van der Waals surface area contributed by atoms with Crippen molar-refractivity contribution in [2.45, 2.75) is 26.5 Å². The first-order valence-electron chi connectivity index (χ1n) is 5.33. The van der Waals surface area contributed by atoms with Crippen LogP contribution < -0.4 is 5.32 Å². The molecule has 0 heterocycles. The topological polar surface area (TPSA) is 32.3 Å². The van der Waals surface area contributed by atoms with E-state index in [1.807, 2.05) is 13.8 Å². The van der Waals surface area contributed by atoms with Gasteiger partial charge < -0.3 is 10.4 Å². The molecular weight excluding hydrogens is 229 g/mol. The number of hydrogen-bond donors (Lipinski definition) is 2. The molecule has 2 N–H and O–H groups in total. The summed E-state index contributed by atoms with van der Waals surface area (Å²) < 4.78 is 13.0. The molecule has 4 heteroatoms. The van der Waals surface area contributed by atoms with Gasteiger partial charge in [0.1, 0.15) is 5.82 Å². The molecule has 1 aromatic rings. The highest BCUT2D eigenvalue weighted by Gasteiger charge is 2.08. The van der Waals surface area contributed by atoms with Crippen LogP contribution in [0.1, 0.15) is 19.4 Å². The molecule has 2 nitrogen and oxygen atoms in total. The van der Waals surface area contributed by atoms with E-state index in [0.29, 0.717) is 18.1 Å². The molecule has 0 saturated carbocycles. The summed E-state index contributed by atoms with van der Waals surface area (Å²) in [6.45, 7) is 4.89. The van der Waals surface area contributed by atoms with Gasteiger partial charge in [-0.05, 0) is 29.7 Å². The van der Waals surface area contributed by atoms with Gasteiger partial charge in [0.2, 0.25) is 0 Å². The Kier molecular flexibility index (Phi) is 5.19. The van der Waals surface area contributed by atoms with Crippen LogP contribution in [0.3, 0.4) is 0 Å². The smallest absolute Gasteiger partial charge is 0.125 e. The van der Waals surface area contributed by atoms with Crippen molar-refractivity contribution in [2.24, 2.45) is 5.92 Å². The highest BCUT2D eigenvalue weighted by atomic mass is 35.5. The first kappa shape index (κ1) is 13.4. The fourth-order valence-corrected chi connectivity index (χ4v) is 1.56. The molecule has 0 saturated heterocycles. The van der Waals surface area contributed by atoms with Crippen LogP contribution in [-0.4, -0.2) is 17.8 Å². The van der Waals surface area contributed by atoms with Crippen LogP contribution in [0.15, 0.2) is 18.2 Å². The Morgan fingerprint density at radius 2 is 2.06 bits per heavy atom. The molecule has 0 radical (unpaired) electrons. The van der Waals surface area contributed by atoms with Crippen molar-refractivity contribution >= 4 is 11.6 Å². The Hall–Kier alpha value is -0.640. The van der Waals surface area contributed by atoms with Crippen LogP contribution in [0.25, 0.3) is 0 Å². The zero-order valence-electron chi connectivity index (χ0n) is 9.50. The number of aliphatic hydroxyl groups excluding tert-OH is 1. The average Bonchev–Trinajstić information content (AvgIpc) is 2.15. The van der Waals surface area contributed by atoms with Gasteiger partial charge in [-0.2, -0.15) is 0 Å². The predicted molar refractivity (Wildman–Crippen MR) is 64.0 cm³/mol. The first-order valence-corrected chi connectivity index (χ1v) is 5.70. The minimum absolute atomic E-state index is 0.212. The van der Waals surface area contributed by atoms with Crippen LogP contribution in [0.5, 0.6) is 0 Å².